The van der Waals surface area contributed by atoms with Gasteiger partial charge in [0.2, 0.25) is 0 Å². The standard InChI is InChI=1S/C14H23NS/c1-3-7-15-13-4-6-14(2,10-13)9-12-5-8-16-11-12/h5,8,11,13,15H,3-4,6-7,9-10H2,1-2H3. The molecule has 1 N–H and O–H groups in total. The molecular weight excluding hydrogens is 214 g/mol. The summed E-state index contributed by atoms with van der Waals surface area (Å²) >= 11 is 1.82. The van der Waals surface area contributed by atoms with Crippen LogP contribution in [0.4, 0.5) is 0 Å². The Morgan fingerprint density at radius 3 is 3.12 bits per heavy atom. The summed E-state index contributed by atoms with van der Waals surface area (Å²) in [4.78, 5) is 0. The molecule has 1 aromatic rings. The summed E-state index contributed by atoms with van der Waals surface area (Å²) in [7, 11) is 0. The quantitative estimate of drug-likeness (QED) is 0.820. The van der Waals surface area contributed by atoms with Crippen molar-refractivity contribution >= 4 is 11.3 Å². The van der Waals surface area contributed by atoms with E-state index in [9.17, 15) is 0 Å². The first-order valence-corrected chi connectivity index (χ1v) is 7.40. The molecule has 0 aliphatic heterocycles. The molecule has 1 nitrogen and oxygen atoms in total. The van der Waals surface area contributed by atoms with E-state index in [1.807, 2.05) is 11.3 Å². The molecule has 0 amide bonds. The lowest BCUT2D eigenvalue weighted by Crippen LogP contribution is -2.28. The first-order valence-electron chi connectivity index (χ1n) is 6.46. The summed E-state index contributed by atoms with van der Waals surface area (Å²) in [5, 5.41) is 8.17. The van der Waals surface area contributed by atoms with Gasteiger partial charge in [-0.2, -0.15) is 11.3 Å². The lowest BCUT2D eigenvalue weighted by atomic mass is 9.82. The maximum absolute atomic E-state index is 3.67. The van der Waals surface area contributed by atoms with Crippen LogP contribution in [0.25, 0.3) is 0 Å². The van der Waals surface area contributed by atoms with Crippen molar-refractivity contribution in [2.24, 2.45) is 5.41 Å². The van der Waals surface area contributed by atoms with E-state index in [-0.39, 0.29) is 0 Å². The van der Waals surface area contributed by atoms with Gasteiger partial charge >= 0.3 is 0 Å². The Morgan fingerprint density at radius 2 is 2.44 bits per heavy atom. The molecule has 2 rings (SSSR count). The summed E-state index contributed by atoms with van der Waals surface area (Å²) < 4.78 is 0. The van der Waals surface area contributed by atoms with E-state index in [2.05, 4.69) is 36.0 Å². The van der Waals surface area contributed by atoms with Crippen LogP contribution >= 0.6 is 11.3 Å². The molecule has 1 saturated carbocycles. The second-order valence-electron chi connectivity index (χ2n) is 5.51. The van der Waals surface area contributed by atoms with Gasteiger partial charge in [0.05, 0.1) is 0 Å². The third-order valence-corrected chi connectivity index (χ3v) is 4.46. The summed E-state index contributed by atoms with van der Waals surface area (Å²) in [6.07, 6.45) is 6.60. The Morgan fingerprint density at radius 1 is 1.56 bits per heavy atom. The van der Waals surface area contributed by atoms with Crippen LogP contribution in [-0.4, -0.2) is 12.6 Å². The molecule has 1 aromatic heterocycles. The number of nitrogens with one attached hydrogen (secondary N) is 1. The normalized spacial score (nSPS) is 29.8. The third-order valence-electron chi connectivity index (χ3n) is 3.73. The Bertz CT molecular complexity index is 307. The van der Waals surface area contributed by atoms with E-state index in [0.717, 1.165) is 6.04 Å². The highest BCUT2D eigenvalue weighted by Crippen LogP contribution is 2.40. The van der Waals surface area contributed by atoms with E-state index in [4.69, 9.17) is 0 Å². The molecule has 0 aromatic carbocycles. The smallest absolute Gasteiger partial charge is 0.00725 e. The van der Waals surface area contributed by atoms with E-state index in [0.29, 0.717) is 5.41 Å². The van der Waals surface area contributed by atoms with Gasteiger partial charge in [0.1, 0.15) is 0 Å². The molecule has 1 fully saturated rings. The van der Waals surface area contributed by atoms with Crippen molar-refractivity contribution in [2.75, 3.05) is 6.54 Å². The van der Waals surface area contributed by atoms with Crippen molar-refractivity contribution < 1.29 is 0 Å². The van der Waals surface area contributed by atoms with Crippen LogP contribution in [0.3, 0.4) is 0 Å². The van der Waals surface area contributed by atoms with Crippen LogP contribution in [0.2, 0.25) is 0 Å². The van der Waals surface area contributed by atoms with Crippen molar-refractivity contribution in [2.45, 2.75) is 52.0 Å². The lowest BCUT2D eigenvalue weighted by molar-refractivity contribution is 0.322. The summed E-state index contributed by atoms with van der Waals surface area (Å²) in [5.74, 6) is 0. The van der Waals surface area contributed by atoms with Gasteiger partial charge in [-0.05, 0) is 66.5 Å². The van der Waals surface area contributed by atoms with Crippen LogP contribution in [0.5, 0.6) is 0 Å². The number of rotatable bonds is 5. The topological polar surface area (TPSA) is 12.0 Å². The van der Waals surface area contributed by atoms with Crippen molar-refractivity contribution in [3.63, 3.8) is 0 Å². The highest BCUT2D eigenvalue weighted by Gasteiger charge is 2.34. The summed E-state index contributed by atoms with van der Waals surface area (Å²) in [5.41, 5.74) is 2.07. The van der Waals surface area contributed by atoms with Gasteiger partial charge in [-0.1, -0.05) is 13.8 Å². The minimum Gasteiger partial charge on any atom is -0.314 e. The zero-order valence-electron chi connectivity index (χ0n) is 10.5. The molecule has 2 unspecified atom stereocenters. The van der Waals surface area contributed by atoms with Gasteiger partial charge in [-0.3, -0.25) is 0 Å². The van der Waals surface area contributed by atoms with Gasteiger partial charge in [0.15, 0.2) is 0 Å². The molecule has 1 aliphatic rings. The Hall–Kier alpha value is -0.340. The van der Waals surface area contributed by atoms with Crippen molar-refractivity contribution in [1.82, 2.24) is 5.32 Å². The van der Waals surface area contributed by atoms with Crippen LogP contribution < -0.4 is 5.32 Å². The highest BCUT2D eigenvalue weighted by atomic mass is 32.1. The number of hydrogen-bond donors (Lipinski definition) is 1. The second kappa shape index (κ2) is 5.33. The molecule has 0 saturated heterocycles. The minimum atomic E-state index is 0.534. The minimum absolute atomic E-state index is 0.534. The van der Waals surface area contributed by atoms with Gasteiger partial charge in [0.25, 0.3) is 0 Å². The fourth-order valence-corrected chi connectivity index (χ4v) is 3.56. The first kappa shape index (κ1) is 12.1. The summed E-state index contributed by atoms with van der Waals surface area (Å²) in [6.45, 7) is 5.88. The maximum Gasteiger partial charge on any atom is 0.00725 e. The second-order valence-corrected chi connectivity index (χ2v) is 6.29. The van der Waals surface area contributed by atoms with Crippen LogP contribution in [0.15, 0.2) is 16.8 Å². The van der Waals surface area contributed by atoms with Crippen LogP contribution in [0.1, 0.15) is 45.1 Å². The predicted molar refractivity (Wildman–Crippen MR) is 72.1 cm³/mol. The molecule has 2 heteroatoms. The maximum atomic E-state index is 3.67. The fourth-order valence-electron chi connectivity index (χ4n) is 2.89. The fraction of sp³-hybridized carbons (Fsp3) is 0.714. The highest BCUT2D eigenvalue weighted by molar-refractivity contribution is 7.07. The van der Waals surface area contributed by atoms with E-state index < -0.39 is 0 Å². The van der Waals surface area contributed by atoms with Crippen molar-refractivity contribution in [3.05, 3.63) is 22.4 Å². The largest absolute Gasteiger partial charge is 0.314 e. The summed E-state index contributed by atoms with van der Waals surface area (Å²) in [6, 6.07) is 3.05. The van der Waals surface area contributed by atoms with Crippen LogP contribution in [0, 0.1) is 5.41 Å². The Kier molecular flexibility index (Phi) is 4.04. The average molecular weight is 237 g/mol. The monoisotopic (exact) mass is 237 g/mol. The molecule has 0 bridgehead atoms. The zero-order valence-corrected chi connectivity index (χ0v) is 11.3. The average Bonchev–Trinajstić information content (AvgIpc) is 2.86. The van der Waals surface area contributed by atoms with Gasteiger partial charge in [-0.15, -0.1) is 0 Å². The SMILES string of the molecule is CCCNC1CCC(C)(Cc2ccsc2)C1. The number of thiophene rings is 1. The molecule has 90 valence electrons. The third kappa shape index (κ3) is 3.08. The molecule has 0 radical (unpaired) electrons. The first-order chi connectivity index (χ1) is 7.72. The molecular formula is C14H23NS. The van der Waals surface area contributed by atoms with E-state index in [1.54, 1.807) is 0 Å². The zero-order chi connectivity index (χ0) is 11.4. The van der Waals surface area contributed by atoms with E-state index >= 15 is 0 Å². The predicted octanol–water partition coefficient (Wildman–Crippen LogP) is 3.85. The lowest BCUT2D eigenvalue weighted by Gasteiger charge is -2.24. The molecule has 16 heavy (non-hydrogen) atoms. The number of hydrogen-bond acceptors (Lipinski definition) is 2. The van der Waals surface area contributed by atoms with Crippen molar-refractivity contribution in [1.29, 1.82) is 0 Å². The molecule has 2 atom stereocenters. The molecule has 1 aliphatic carbocycles. The van der Waals surface area contributed by atoms with Crippen LogP contribution in [-0.2, 0) is 6.42 Å². The van der Waals surface area contributed by atoms with Gasteiger partial charge in [-0.25, -0.2) is 0 Å². The van der Waals surface area contributed by atoms with E-state index in [1.165, 1.54) is 44.2 Å². The molecule has 1 heterocycles. The van der Waals surface area contributed by atoms with Crippen molar-refractivity contribution in [3.8, 4) is 0 Å². The Balaban J connectivity index is 1.85. The molecule has 0 spiro atoms. The Labute approximate surface area is 103 Å². The van der Waals surface area contributed by atoms with Gasteiger partial charge < -0.3 is 5.32 Å². The van der Waals surface area contributed by atoms with Gasteiger partial charge in [0, 0.05) is 6.04 Å².